The summed E-state index contributed by atoms with van der Waals surface area (Å²) in [5, 5.41) is 12.9. The number of benzene rings is 1. The lowest BCUT2D eigenvalue weighted by Crippen LogP contribution is -2.19. The van der Waals surface area contributed by atoms with Crippen molar-refractivity contribution in [3.8, 4) is 0 Å². The Hall–Kier alpha value is -2.42. The van der Waals surface area contributed by atoms with Crippen LogP contribution in [0.5, 0.6) is 0 Å². The molecule has 0 aliphatic carbocycles. The molecule has 0 saturated carbocycles. The van der Waals surface area contributed by atoms with Crippen LogP contribution in [0.2, 0.25) is 0 Å². The zero-order valence-electron chi connectivity index (χ0n) is 12.0. The molecule has 9 heteroatoms. The first-order chi connectivity index (χ1) is 11.1. The maximum Gasteiger partial charge on any atom is 0.249 e. The highest BCUT2D eigenvalue weighted by Crippen LogP contribution is 2.22. The molecule has 2 N–H and O–H groups in total. The van der Waals surface area contributed by atoms with Gasteiger partial charge in [-0.3, -0.25) is 0 Å². The Morgan fingerprint density at radius 1 is 1.22 bits per heavy atom. The molecule has 1 atom stereocenters. The lowest BCUT2D eigenvalue weighted by atomic mass is 10.2. The lowest BCUT2D eigenvalue weighted by Gasteiger charge is -2.11. The first-order valence-electron chi connectivity index (χ1n) is 7.09. The fourth-order valence-corrected chi connectivity index (χ4v) is 2.21. The average Bonchev–Trinajstić information content (AvgIpc) is 3.07. The zero-order valence-corrected chi connectivity index (χ0v) is 12.0. The third-order valence-corrected chi connectivity index (χ3v) is 3.38. The van der Waals surface area contributed by atoms with E-state index in [0.29, 0.717) is 12.4 Å². The van der Waals surface area contributed by atoms with Gasteiger partial charge >= 0.3 is 0 Å². The van der Waals surface area contributed by atoms with Crippen molar-refractivity contribution in [1.82, 2.24) is 15.2 Å². The lowest BCUT2D eigenvalue weighted by molar-refractivity contribution is 0.120. The van der Waals surface area contributed by atoms with Crippen LogP contribution < -0.4 is 10.6 Å². The Kier molecular flexibility index (Phi) is 4.56. The van der Waals surface area contributed by atoms with Crippen LogP contribution in [0.15, 0.2) is 18.3 Å². The summed E-state index contributed by atoms with van der Waals surface area (Å²) in [5.74, 6) is -3.78. The summed E-state index contributed by atoms with van der Waals surface area (Å²) in [6, 6.07) is 1.87. The first-order valence-corrected chi connectivity index (χ1v) is 7.09. The monoisotopic (exact) mass is 325 g/mol. The van der Waals surface area contributed by atoms with Gasteiger partial charge in [-0.25, -0.2) is 13.2 Å². The van der Waals surface area contributed by atoms with E-state index in [0.717, 1.165) is 31.6 Å². The average molecular weight is 325 g/mol. The van der Waals surface area contributed by atoms with Crippen LogP contribution in [0.3, 0.4) is 0 Å². The standard InChI is InChI=1S/C14H14F3N5O/c15-9-3-4-10(13(17)12(9)16)20-14-21-11(7-19-22-14)18-6-8-2-1-5-23-8/h3-4,7-8H,1-2,5-6H2,(H2,18,20,21,22). The van der Waals surface area contributed by atoms with E-state index in [-0.39, 0.29) is 17.7 Å². The number of nitrogens with zero attached hydrogens (tertiary/aromatic N) is 3. The van der Waals surface area contributed by atoms with E-state index in [2.05, 4.69) is 25.8 Å². The predicted octanol–water partition coefficient (Wildman–Crippen LogP) is 2.62. The number of aromatic nitrogens is 3. The van der Waals surface area contributed by atoms with Gasteiger partial charge in [0.25, 0.3) is 0 Å². The fourth-order valence-electron chi connectivity index (χ4n) is 2.21. The van der Waals surface area contributed by atoms with Crippen LogP contribution in [0.4, 0.5) is 30.6 Å². The molecule has 1 aromatic carbocycles. The van der Waals surface area contributed by atoms with Gasteiger partial charge < -0.3 is 15.4 Å². The molecule has 2 aromatic rings. The van der Waals surface area contributed by atoms with Crippen molar-refractivity contribution in [3.05, 3.63) is 35.8 Å². The number of halogens is 3. The molecule has 1 unspecified atom stereocenters. The van der Waals surface area contributed by atoms with E-state index in [1.807, 2.05) is 0 Å². The maximum atomic E-state index is 13.6. The molecule has 23 heavy (non-hydrogen) atoms. The normalized spacial score (nSPS) is 17.3. The van der Waals surface area contributed by atoms with Crippen molar-refractivity contribution in [2.75, 3.05) is 23.8 Å². The summed E-state index contributed by atoms with van der Waals surface area (Å²) in [7, 11) is 0. The number of rotatable bonds is 5. The van der Waals surface area contributed by atoms with Crippen LogP contribution >= 0.6 is 0 Å². The third-order valence-electron chi connectivity index (χ3n) is 3.38. The minimum Gasteiger partial charge on any atom is -0.376 e. The Bertz CT molecular complexity index is 694. The molecular weight excluding hydrogens is 311 g/mol. The summed E-state index contributed by atoms with van der Waals surface area (Å²) in [6.07, 6.45) is 3.51. The second-order valence-corrected chi connectivity index (χ2v) is 5.03. The second kappa shape index (κ2) is 6.78. The molecule has 0 amide bonds. The number of hydrogen-bond donors (Lipinski definition) is 2. The molecular formula is C14H14F3N5O. The van der Waals surface area contributed by atoms with Crippen molar-refractivity contribution < 1.29 is 17.9 Å². The predicted molar refractivity (Wildman–Crippen MR) is 76.9 cm³/mol. The highest BCUT2D eigenvalue weighted by atomic mass is 19.2. The Morgan fingerprint density at radius 3 is 2.87 bits per heavy atom. The maximum absolute atomic E-state index is 13.6. The van der Waals surface area contributed by atoms with Gasteiger partial charge in [-0.15, -0.1) is 5.10 Å². The van der Waals surface area contributed by atoms with Crippen molar-refractivity contribution >= 4 is 17.5 Å². The molecule has 1 aliphatic heterocycles. The smallest absolute Gasteiger partial charge is 0.249 e. The van der Waals surface area contributed by atoms with Crippen molar-refractivity contribution in [1.29, 1.82) is 0 Å². The molecule has 0 radical (unpaired) electrons. The molecule has 1 saturated heterocycles. The van der Waals surface area contributed by atoms with Crippen LogP contribution in [-0.4, -0.2) is 34.4 Å². The number of nitrogens with one attached hydrogen (secondary N) is 2. The van der Waals surface area contributed by atoms with E-state index in [1.54, 1.807) is 0 Å². The van der Waals surface area contributed by atoms with E-state index >= 15 is 0 Å². The molecule has 2 heterocycles. The van der Waals surface area contributed by atoms with E-state index in [1.165, 1.54) is 6.20 Å². The topological polar surface area (TPSA) is 72.0 Å². The van der Waals surface area contributed by atoms with Gasteiger partial charge in [-0.1, -0.05) is 0 Å². The summed E-state index contributed by atoms with van der Waals surface area (Å²) < 4.78 is 45.2. The summed E-state index contributed by atoms with van der Waals surface area (Å²) in [6.45, 7) is 1.31. The highest BCUT2D eigenvalue weighted by molar-refractivity contribution is 5.55. The first kappa shape index (κ1) is 15.5. The fraction of sp³-hybridized carbons (Fsp3) is 0.357. The van der Waals surface area contributed by atoms with Gasteiger partial charge in [0.1, 0.15) is 0 Å². The molecule has 1 aromatic heterocycles. The van der Waals surface area contributed by atoms with Gasteiger partial charge in [0.05, 0.1) is 18.0 Å². The largest absolute Gasteiger partial charge is 0.376 e. The third kappa shape index (κ3) is 3.67. The van der Waals surface area contributed by atoms with E-state index in [4.69, 9.17) is 4.74 Å². The van der Waals surface area contributed by atoms with E-state index in [9.17, 15) is 13.2 Å². The van der Waals surface area contributed by atoms with Crippen molar-refractivity contribution in [3.63, 3.8) is 0 Å². The van der Waals surface area contributed by atoms with Gasteiger partial charge in [0.15, 0.2) is 23.3 Å². The van der Waals surface area contributed by atoms with Crippen LogP contribution in [0.25, 0.3) is 0 Å². The van der Waals surface area contributed by atoms with E-state index < -0.39 is 17.5 Å². The van der Waals surface area contributed by atoms with Gasteiger partial charge in [-0.2, -0.15) is 10.1 Å². The quantitative estimate of drug-likeness (QED) is 0.824. The van der Waals surface area contributed by atoms with Gasteiger partial charge in [-0.05, 0) is 25.0 Å². The minimum absolute atomic E-state index is 0.0350. The van der Waals surface area contributed by atoms with Crippen molar-refractivity contribution in [2.24, 2.45) is 0 Å². The molecule has 0 spiro atoms. The number of hydrogen-bond acceptors (Lipinski definition) is 6. The van der Waals surface area contributed by atoms with Gasteiger partial charge in [0.2, 0.25) is 5.95 Å². The van der Waals surface area contributed by atoms with Gasteiger partial charge in [0, 0.05) is 13.2 Å². The minimum atomic E-state index is -1.56. The Labute approximate surface area is 130 Å². The Morgan fingerprint density at radius 2 is 2.09 bits per heavy atom. The van der Waals surface area contributed by atoms with Crippen molar-refractivity contribution in [2.45, 2.75) is 18.9 Å². The summed E-state index contributed by atoms with van der Waals surface area (Å²) in [4.78, 5) is 4.09. The SMILES string of the molecule is Fc1ccc(Nc2nncc(NCC3CCCO3)n2)c(F)c1F. The van der Waals surface area contributed by atoms with Crippen LogP contribution in [0.1, 0.15) is 12.8 Å². The molecule has 6 nitrogen and oxygen atoms in total. The molecule has 122 valence electrons. The number of ether oxygens (including phenoxy) is 1. The zero-order chi connectivity index (χ0) is 16.2. The highest BCUT2D eigenvalue weighted by Gasteiger charge is 2.16. The Balaban J connectivity index is 1.68. The second-order valence-electron chi connectivity index (χ2n) is 5.03. The molecule has 1 fully saturated rings. The summed E-state index contributed by atoms with van der Waals surface area (Å²) >= 11 is 0. The van der Waals surface area contributed by atoms with Crippen LogP contribution in [0, 0.1) is 17.5 Å². The summed E-state index contributed by atoms with van der Waals surface area (Å²) in [5.41, 5.74) is -0.276. The molecule has 0 bridgehead atoms. The number of anilines is 3. The molecule has 1 aliphatic rings. The van der Waals surface area contributed by atoms with Crippen LogP contribution in [-0.2, 0) is 4.74 Å². The molecule has 3 rings (SSSR count).